The molecular formula is C33H50N4O5. The van der Waals surface area contributed by atoms with Gasteiger partial charge >= 0.3 is 0 Å². The Morgan fingerprint density at radius 2 is 1.55 bits per heavy atom. The first-order valence-corrected chi connectivity index (χ1v) is 15.4. The van der Waals surface area contributed by atoms with Gasteiger partial charge in [-0.1, -0.05) is 72.8 Å². The van der Waals surface area contributed by atoms with Crippen molar-refractivity contribution in [1.29, 1.82) is 0 Å². The van der Waals surface area contributed by atoms with Crippen LogP contribution < -0.4 is 10.3 Å². The first-order chi connectivity index (χ1) is 20.2. The van der Waals surface area contributed by atoms with Gasteiger partial charge < -0.3 is 19.5 Å². The number of hydrogen-bond donors (Lipinski definition) is 2. The van der Waals surface area contributed by atoms with Gasteiger partial charge in [-0.05, 0) is 55.9 Å². The Bertz CT molecular complexity index is 1200. The molecule has 2 atom stereocenters. The molecule has 1 aromatic heterocycles. The number of azo groups is 1. The van der Waals surface area contributed by atoms with Crippen LogP contribution in [-0.4, -0.2) is 47.7 Å². The number of carbonyl (C=O) groups is 1. The molecule has 9 nitrogen and oxygen atoms in total. The molecule has 1 heterocycles. The van der Waals surface area contributed by atoms with Gasteiger partial charge in [0, 0.05) is 18.7 Å². The standard InChI is InChI=1S/C33H50N4O5/c1-8-13-15-24(10-3)21-37(22-25(11-4)16-14-9-2)33(40)26-17-19-27(20-18-26)35-36-29-30(41-7)28(23(6)42-12-5)31(38)34-32(29)39/h17-20,24-25H,6,8-16,21-22H2,1-5,7H3,(H2,34,38,39)/b36-35+. The predicted molar refractivity (Wildman–Crippen MR) is 169 cm³/mol. The molecule has 0 aliphatic carbocycles. The Kier molecular flexibility index (Phi) is 14.8. The molecule has 0 bridgehead atoms. The highest BCUT2D eigenvalue weighted by molar-refractivity contribution is 5.94. The zero-order valence-corrected chi connectivity index (χ0v) is 26.4. The fraction of sp³-hybridized carbons (Fsp3) is 0.576. The van der Waals surface area contributed by atoms with Gasteiger partial charge in [0.2, 0.25) is 5.88 Å². The second kappa shape index (κ2) is 18.0. The molecule has 0 radical (unpaired) electrons. The first kappa shape index (κ1) is 34.6. The number of aromatic hydroxyl groups is 1. The van der Waals surface area contributed by atoms with Crippen molar-refractivity contribution >= 4 is 23.0 Å². The van der Waals surface area contributed by atoms with Gasteiger partial charge in [0.1, 0.15) is 11.3 Å². The zero-order chi connectivity index (χ0) is 31.1. The molecule has 42 heavy (non-hydrogen) atoms. The Balaban J connectivity index is 2.33. The molecule has 0 fully saturated rings. The second-order valence-corrected chi connectivity index (χ2v) is 10.7. The molecular weight excluding hydrogens is 532 g/mol. The number of rotatable bonds is 19. The van der Waals surface area contributed by atoms with Crippen LogP contribution in [0.4, 0.5) is 11.4 Å². The predicted octanol–water partition coefficient (Wildman–Crippen LogP) is 8.39. The van der Waals surface area contributed by atoms with E-state index in [-0.39, 0.29) is 28.7 Å². The van der Waals surface area contributed by atoms with Crippen molar-refractivity contribution in [2.75, 3.05) is 26.8 Å². The van der Waals surface area contributed by atoms with Gasteiger partial charge in [0.25, 0.3) is 11.5 Å². The number of amides is 1. The molecule has 0 aliphatic rings. The molecule has 2 N–H and O–H groups in total. The van der Waals surface area contributed by atoms with Crippen molar-refractivity contribution in [1.82, 2.24) is 9.88 Å². The first-order valence-electron chi connectivity index (χ1n) is 15.4. The molecule has 2 unspecified atom stereocenters. The molecule has 0 spiro atoms. The highest BCUT2D eigenvalue weighted by Gasteiger charge is 2.23. The van der Waals surface area contributed by atoms with Crippen molar-refractivity contribution in [3.63, 3.8) is 0 Å². The third kappa shape index (κ3) is 9.74. The average molecular weight is 583 g/mol. The normalized spacial score (nSPS) is 12.7. The van der Waals surface area contributed by atoms with E-state index in [9.17, 15) is 14.7 Å². The summed E-state index contributed by atoms with van der Waals surface area (Å²) in [6.45, 7) is 16.2. The van der Waals surface area contributed by atoms with E-state index >= 15 is 0 Å². The summed E-state index contributed by atoms with van der Waals surface area (Å²) in [5.41, 5.74) is 0.425. The van der Waals surface area contributed by atoms with Gasteiger partial charge in [-0.2, -0.15) is 5.11 Å². The van der Waals surface area contributed by atoms with E-state index in [1.807, 2.05) is 0 Å². The summed E-state index contributed by atoms with van der Waals surface area (Å²) in [7, 11) is 1.36. The maximum Gasteiger partial charge on any atom is 0.265 e. The molecule has 0 saturated carbocycles. The number of aromatic nitrogens is 1. The van der Waals surface area contributed by atoms with Crippen LogP contribution >= 0.6 is 0 Å². The Labute approximate surface area is 251 Å². The van der Waals surface area contributed by atoms with Crippen LogP contribution in [0.15, 0.2) is 45.9 Å². The lowest BCUT2D eigenvalue weighted by molar-refractivity contribution is 0.0685. The lowest BCUT2D eigenvalue weighted by atomic mass is 9.95. The molecule has 2 aromatic rings. The van der Waals surface area contributed by atoms with E-state index in [1.54, 1.807) is 31.2 Å². The van der Waals surface area contributed by atoms with Gasteiger partial charge in [-0.25, -0.2) is 0 Å². The number of nitrogens with zero attached hydrogens (tertiary/aromatic N) is 3. The highest BCUT2D eigenvalue weighted by atomic mass is 16.5. The SMILES string of the molecule is C=C(OCC)c1c(OC)c(/N=N/c2ccc(C(=O)N(CC(CC)CCCC)CC(CC)CCCC)cc2)c(O)[nH]c1=O. The minimum Gasteiger partial charge on any atom is -0.494 e. The van der Waals surface area contributed by atoms with Crippen LogP contribution in [0.25, 0.3) is 5.76 Å². The number of carbonyl (C=O) groups excluding carboxylic acids is 1. The van der Waals surface area contributed by atoms with Crippen LogP contribution in [0, 0.1) is 11.8 Å². The van der Waals surface area contributed by atoms with Crippen molar-refractivity contribution in [3.8, 4) is 11.6 Å². The topological polar surface area (TPSA) is 117 Å². The molecule has 232 valence electrons. The number of hydrogen-bond acceptors (Lipinski definition) is 7. The largest absolute Gasteiger partial charge is 0.494 e. The number of methoxy groups -OCH3 is 1. The Morgan fingerprint density at radius 1 is 0.976 bits per heavy atom. The quantitative estimate of drug-likeness (QED) is 0.127. The minimum absolute atomic E-state index is 0.00277. The fourth-order valence-corrected chi connectivity index (χ4v) is 5.01. The van der Waals surface area contributed by atoms with Crippen molar-refractivity contribution in [2.24, 2.45) is 22.1 Å². The fourth-order valence-electron chi connectivity index (χ4n) is 5.01. The number of unbranched alkanes of at least 4 members (excludes halogenated alkanes) is 2. The molecule has 0 aliphatic heterocycles. The lowest BCUT2D eigenvalue weighted by Gasteiger charge is -2.31. The number of ether oxygens (including phenoxy) is 2. The molecule has 1 aromatic carbocycles. The van der Waals surface area contributed by atoms with E-state index in [4.69, 9.17) is 9.47 Å². The third-order valence-corrected chi connectivity index (χ3v) is 7.64. The number of nitrogens with one attached hydrogen (secondary N) is 1. The Morgan fingerprint density at radius 3 is 2.02 bits per heavy atom. The third-order valence-electron chi connectivity index (χ3n) is 7.64. The maximum absolute atomic E-state index is 13.8. The molecule has 1 amide bonds. The molecule has 0 saturated heterocycles. The van der Waals surface area contributed by atoms with Gasteiger partial charge in [-0.15, -0.1) is 5.11 Å². The highest BCUT2D eigenvalue weighted by Crippen LogP contribution is 2.39. The smallest absolute Gasteiger partial charge is 0.265 e. The second-order valence-electron chi connectivity index (χ2n) is 10.7. The summed E-state index contributed by atoms with van der Waals surface area (Å²) in [5, 5.41) is 18.8. The van der Waals surface area contributed by atoms with E-state index in [0.717, 1.165) is 51.6 Å². The van der Waals surface area contributed by atoms with Crippen LogP contribution in [0.5, 0.6) is 11.6 Å². The maximum atomic E-state index is 13.8. The van der Waals surface area contributed by atoms with Crippen LogP contribution in [0.3, 0.4) is 0 Å². The number of aromatic amines is 1. The van der Waals surface area contributed by atoms with E-state index < -0.39 is 11.4 Å². The van der Waals surface area contributed by atoms with E-state index in [2.05, 4.69) is 54.4 Å². The monoisotopic (exact) mass is 582 g/mol. The van der Waals surface area contributed by atoms with Gasteiger partial charge in [0.05, 0.1) is 19.4 Å². The summed E-state index contributed by atoms with van der Waals surface area (Å²) >= 11 is 0. The summed E-state index contributed by atoms with van der Waals surface area (Å²) in [5.74, 6) is 0.603. The van der Waals surface area contributed by atoms with Crippen molar-refractivity contribution in [2.45, 2.75) is 86.0 Å². The zero-order valence-electron chi connectivity index (χ0n) is 26.4. The summed E-state index contributed by atoms with van der Waals surface area (Å²) in [6, 6.07) is 6.95. The van der Waals surface area contributed by atoms with E-state index in [0.29, 0.717) is 29.7 Å². The van der Waals surface area contributed by atoms with Crippen molar-refractivity contribution < 1.29 is 19.4 Å². The van der Waals surface area contributed by atoms with Gasteiger partial charge in [0.15, 0.2) is 11.4 Å². The van der Waals surface area contributed by atoms with Crippen LogP contribution in [0.2, 0.25) is 0 Å². The Hall–Kier alpha value is -3.62. The lowest BCUT2D eigenvalue weighted by Crippen LogP contribution is -2.39. The van der Waals surface area contributed by atoms with Crippen LogP contribution in [-0.2, 0) is 4.74 Å². The van der Waals surface area contributed by atoms with Crippen LogP contribution in [0.1, 0.15) is 102 Å². The summed E-state index contributed by atoms with van der Waals surface area (Å²) in [6.07, 6.45) is 9.00. The van der Waals surface area contributed by atoms with Gasteiger partial charge in [-0.3, -0.25) is 14.6 Å². The van der Waals surface area contributed by atoms with Crippen molar-refractivity contribution in [3.05, 3.63) is 52.3 Å². The summed E-state index contributed by atoms with van der Waals surface area (Å²) in [4.78, 5) is 30.6. The van der Waals surface area contributed by atoms with E-state index in [1.165, 1.54) is 20.0 Å². The summed E-state index contributed by atoms with van der Waals surface area (Å²) < 4.78 is 10.8. The minimum atomic E-state index is -0.616. The average Bonchev–Trinajstić information content (AvgIpc) is 2.99. The molecule has 9 heteroatoms. The number of benzene rings is 1. The number of pyridine rings is 1. The number of H-pyrrole nitrogens is 1. The molecule has 2 rings (SSSR count).